The molecule has 3 N–H and O–H groups in total. The van der Waals surface area contributed by atoms with Crippen molar-refractivity contribution in [1.29, 1.82) is 0 Å². The Labute approximate surface area is 120 Å². The number of rotatable bonds is 4. The quantitative estimate of drug-likeness (QED) is 0.671. The summed E-state index contributed by atoms with van der Waals surface area (Å²) < 4.78 is 0. The second kappa shape index (κ2) is 6.45. The zero-order valence-electron chi connectivity index (χ0n) is 9.97. The van der Waals surface area contributed by atoms with E-state index in [1.165, 1.54) is 11.8 Å². The summed E-state index contributed by atoms with van der Waals surface area (Å²) in [6.45, 7) is 0. The number of hydrogen-bond acceptors (Lipinski definition) is 4. The largest absolute Gasteiger partial charge is 0.399 e. The smallest absolute Gasteiger partial charge is 0.234 e. The Bertz CT molecular complexity index is 577. The van der Waals surface area contributed by atoms with E-state index in [1.54, 1.807) is 30.6 Å². The molecule has 1 amide bonds. The lowest BCUT2D eigenvalue weighted by atomic mass is 10.3. The van der Waals surface area contributed by atoms with Crippen molar-refractivity contribution in [3.63, 3.8) is 0 Å². The third-order valence-electron chi connectivity index (χ3n) is 2.28. The van der Waals surface area contributed by atoms with Gasteiger partial charge in [-0.25, -0.2) is 0 Å². The van der Waals surface area contributed by atoms with Crippen LogP contribution in [0.2, 0.25) is 5.02 Å². The number of nitrogens with zero attached hydrogens (tertiary/aromatic N) is 1. The highest BCUT2D eigenvalue weighted by Crippen LogP contribution is 2.24. The molecule has 0 radical (unpaired) electrons. The molecule has 98 valence electrons. The molecule has 0 unspecified atom stereocenters. The zero-order chi connectivity index (χ0) is 13.7. The van der Waals surface area contributed by atoms with Crippen molar-refractivity contribution >= 4 is 40.6 Å². The number of nitrogen functional groups attached to an aromatic ring is 1. The minimum absolute atomic E-state index is 0.130. The molecule has 0 bridgehead atoms. The Hall–Kier alpha value is -1.72. The van der Waals surface area contributed by atoms with Gasteiger partial charge in [0.2, 0.25) is 5.91 Å². The maximum absolute atomic E-state index is 11.8. The highest BCUT2D eigenvalue weighted by atomic mass is 35.5. The lowest BCUT2D eigenvalue weighted by Crippen LogP contribution is -2.14. The molecule has 1 aromatic carbocycles. The highest BCUT2D eigenvalue weighted by Gasteiger charge is 2.07. The van der Waals surface area contributed by atoms with Crippen LogP contribution in [0.1, 0.15) is 0 Å². The maximum atomic E-state index is 11.8. The molecule has 19 heavy (non-hydrogen) atoms. The first-order valence-electron chi connectivity index (χ1n) is 5.53. The van der Waals surface area contributed by atoms with Crippen molar-refractivity contribution in [3.05, 3.63) is 47.7 Å². The van der Waals surface area contributed by atoms with E-state index in [9.17, 15) is 4.79 Å². The summed E-state index contributed by atoms with van der Waals surface area (Å²) in [5, 5.41) is 3.20. The predicted octanol–water partition coefficient (Wildman–Crippen LogP) is 3.05. The number of amides is 1. The van der Waals surface area contributed by atoms with Crippen molar-refractivity contribution < 1.29 is 4.79 Å². The van der Waals surface area contributed by atoms with E-state index < -0.39 is 0 Å². The predicted molar refractivity (Wildman–Crippen MR) is 79.5 cm³/mol. The van der Waals surface area contributed by atoms with Crippen LogP contribution < -0.4 is 11.1 Å². The van der Waals surface area contributed by atoms with Crippen LogP contribution in [0.4, 0.5) is 11.4 Å². The number of pyridine rings is 1. The fraction of sp³-hybridized carbons (Fsp3) is 0.0769. The minimum Gasteiger partial charge on any atom is -0.399 e. The fourth-order valence-corrected chi connectivity index (χ4v) is 2.26. The molecule has 1 heterocycles. The second-order valence-electron chi connectivity index (χ2n) is 3.76. The lowest BCUT2D eigenvalue weighted by molar-refractivity contribution is -0.113. The Morgan fingerprint density at radius 3 is 2.79 bits per heavy atom. The number of carbonyl (C=O) groups excluding carboxylic acids is 1. The summed E-state index contributed by atoms with van der Waals surface area (Å²) in [6, 6.07) is 8.68. The maximum Gasteiger partial charge on any atom is 0.234 e. The van der Waals surface area contributed by atoms with E-state index in [2.05, 4.69) is 10.3 Å². The van der Waals surface area contributed by atoms with Gasteiger partial charge in [-0.2, -0.15) is 0 Å². The van der Waals surface area contributed by atoms with Gasteiger partial charge in [-0.3, -0.25) is 9.78 Å². The van der Waals surface area contributed by atoms with Gasteiger partial charge in [0.05, 0.1) is 16.5 Å². The van der Waals surface area contributed by atoms with E-state index in [1.807, 2.05) is 12.1 Å². The first-order chi connectivity index (χ1) is 9.15. The van der Waals surface area contributed by atoms with Crippen LogP contribution in [-0.4, -0.2) is 16.6 Å². The molecule has 1 aromatic heterocycles. The van der Waals surface area contributed by atoms with E-state index in [4.69, 9.17) is 17.3 Å². The van der Waals surface area contributed by atoms with Crippen LogP contribution in [-0.2, 0) is 4.79 Å². The van der Waals surface area contributed by atoms with Gasteiger partial charge in [-0.1, -0.05) is 11.6 Å². The van der Waals surface area contributed by atoms with Gasteiger partial charge in [0, 0.05) is 23.0 Å². The second-order valence-corrected chi connectivity index (χ2v) is 5.22. The Kier molecular flexibility index (Phi) is 4.65. The van der Waals surface area contributed by atoms with Crippen LogP contribution in [0.3, 0.4) is 0 Å². The van der Waals surface area contributed by atoms with Crippen LogP contribution in [0.5, 0.6) is 0 Å². The Balaban J connectivity index is 1.93. The number of benzene rings is 1. The van der Waals surface area contributed by atoms with Gasteiger partial charge < -0.3 is 11.1 Å². The summed E-state index contributed by atoms with van der Waals surface area (Å²) in [6.07, 6.45) is 3.38. The van der Waals surface area contributed by atoms with Crippen molar-refractivity contribution in [2.24, 2.45) is 0 Å². The van der Waals surface area contributed by atoms with E-state index >= 15 is 0 Å². The molecule has 6 heteroatoms. The molecule has 0 aliphatic carbocycles. The van der Waals surface area contributed by atoms with Crippen molar-refractivity contribution in [3.8, 4) is 0 Å². The number of aromatic nitrogens is 1. The first kappa shape index (κ1) is 13.7. The molecular weight excluding hydrogens is 282 g/mol. The van der Waals surface area contributed by atoms with Gasteiger partial charge in [0.15, 0.2) is 0 Å². The molecule has 0 fully saturated rings. The van der Waals surface area contributed by atoms with Crippen LogP contribution in [0.15, 0.2) is 47.6 Å². The average molecular weight is 294 g/mol. The summed E-state index contributed by atoms with van der Waals surface area (Å²) in [7, 11) is 0. The molecule has 0 saturated heterocycles. The number of nitrogens with one attached hydrogen (secondary N) is 1. The van der Waals surface area contributed by atoms with Crippen LogP contribution >= 0.6 is 23.4 Å². The van der Waals surface area contributed by atoms with Crippen molar-refractivity contribution in [2.45, 2.75) is 4.90 Å². The molecular formula is C13H12ClN3OS. The van der Waals surface area contributed by atoms with E-state index in [0.29, 0.717) is 22.2 Å². The van der Waals surface area contributed by atoms with Gasteiger partial charge in [-0.05, 0) is 30.3 Å². The lowest BCUT2D eigenvalue weighted by Gasteiger charge is -2.07. The third kappa shape index (κ3) is 4.15. The molecule has 0 atom stereocenters. The van der Waals surface area contributed by atoms with E-state index in [-0.39, 0.29) is 5.91 Å². The van der Waals surface area contributed by atoms with Gasteiger partial charge in [-0.15, -0.1) is 11.8 Å². The SMILES string of the molecule is Nc1ccc(Cl)c(NC(=O)CSc2ccncc2)c1. The molecule has 2 aromatic rings. The summed E-state index contributed by atoms with van der Waals surface area (Å²) in [5.41, 5.74) is 6.73. The first-order valence-corrected chi connectivity index (χ1v) is 6.89. The third-order valence-corrected chi connectivity index (χ3v) is 3.63. The number of carbonyl (C=O) groups is 1. The molecule has 2 rings (SSSR count). The van der Waals surface area contributed by atoms with Crippen LogP contribution in [0, 0.1) is 0 Å². The number of nitrogens with two attached hydrogens (primary N) is 1. The minimum atomic E-state index is -0.130. The summed E-state index contributed by atoms with van der Waals surface area (Å²) in [4.78, 5) is 16.7. The normalized spacial score (nSPS) is 10.2. The summed E-state index contributed by atoms with van der Waals surface area (Å²) in [5.74, 6) is 0.170. The van der Waals surface area contributed by atoms with Gasteiger partial charge in [0.25, 0.3) is 0 Å². The molecule has 0 spiro atoms. The Morgan fingerprint density at radius 2 is 2.05 bits per heavy atom. The molecule has 0 saturated carbocycles. The Morgan fingerprint density at radius 1 is 1.32 bits per heavy atom. The number of halogens is 1. The standard InChI is InChI=1S/C13H12ClN3OS/c14-11-2-1-9(15)7-12(11)17-13(18)8-19-10-3-5-16-6-4-10/h1-7H,8,15H2,(H,17,18). The number of thioether (sulfide) groups is 1. The monoisotopic (exact) mass is 293 g/mol. The molecule has 0 aliphatic rings. The number of hydrogen-bond donors (Lipinski definition) is 2. The zero-order valence-corrected chi connectivity index (χ0v) is 11.5. The molecule has 0 aliphatic heterocycles. The van der Waals surface area contributed by atoms with Crippen molar-refractivity contribution in [2.75, 3.05) is 16.8 Å². The van der Waals surface area contributed by atoms with Crippen LogP contribution in [0.25, 0.3) is 0 Å². The van der Waals surface area contributed by atoms with Gasteiger partial charge >= 0.3 is 0 Å². The summed E-state index contributed by atoms with van der Waals surface area (Å²) >= 11 is 7.40. The fourth-order valence-electron chi connectivity index (χ4n) is 1.41. The van der Waals surface area contributed by atoms with Gasteiger partial charge in [0.1, 0.15) is 0 Å². The highest BCUT2D eigenvalue weighted by molar-refractivity contribution is 8.00. The molecule has 4 nitrogen and oxygen atoms in total. The average Bonchev–Trinajstić information content (AvgIpc) is 2.42. The van der Waals surface area contributed by atoms with Crippen molar-refractivity contribution in [1.82, 2.24) is 4.98 Å². The number of anilines is 2. The van der Waals surface area contributed by atoms with E-state index in [0.717, 1.165) is 4.90 Å². The topological polar surface area (TPSA) is 68.0 Å².